The Bertz CT molecular complexity index is 445. The Morgan fingerprint density at radius 2 is 1.89 bits per heavy atom. The van der Waals surface area contributed by atoms with Crippen molar-refractivity contribution in [3.05, 3.63) is 29.8 Å². The van der Waals surface area contributed by atoms with E-state index >= 15 is 0 Å². The minimum atomic E-state index is 0.143. The molecule has 1 aromatic rings. The number of hydrogen-bond acceptors (Lipinski definition) is 3. The molecule has 0 saturated carbocycles. The average molecular weight is 259 g/mol. The molecule has 3 nitrogen and oxygen atoms in total. The fraction of sp³-hybridized carbons (Fsp3) is 0.562. The van der Waals surface area contributed by atoms with Gasteiger partial charge in [-0.25, -0.2) is 0 Å². The van der Waals surface area contributed by atoms with Crippen LogP contribution in [0.4, 0.5) is 5.69 Å². The first-order valence-corrected chi connectivity index (χ1v) is 7.41. The molecule has 2 aliphatic heterocycles. The van der Waals surface area contributed by atoms with Crippen LogP contribution in [0.5, 0.6) is 0 Å². The summed E-state index contributed by atoms with van der Waals surface area (Å²) in [5.41, 5.74) is 10.00. The molecule has 2 heterocycles. The van der Waals surface area contributed by atoms with Crippen molar-refractivity contribution in [3.63, 3.8) is 0 Å². The van der Waals surface area contributed by atoms with Crippen molar-refractivity contribution in [1.29, 1.82) is 0 Å². The van der Waals surface area contributed by atoms with E-state index in [2.05, 4.69) is 29.6 Å². The highest BCUT2D eigenvalue weighted by Crippen LogP contribution is 2.37. The predicted molar refractivity (Wildman–Crippen MR) is 82.2 cm³/mol. The second-order valence-electron chi connectivity index (χ2n) is 5.10. The summed E-state index contributed by atoms with van der Waals surface area (Å²) in [5.74, 6) is 0. The second kappa shape index (κ2) is 6.31. The summed E-state index contributed by atoms with van der Waals surface area (Å²) in [6.07, 6.45) is 3.24. The van der Waals surface area contributed by atoms with E-state index in [1.165, 1.54) is 11.3 Å². The molecular formula is C16H25N3. The molecule has 2 aliphatic rings. The summed E-state index contributed by atoms with van der Waals surface area (Å²) in [6.45, 7) is 6.85. The molecule has 1 aromatic carbocycles. The van der Waals surface area contributed by atoms with Crippen molar-refractivity contribution < 1.29 is 0 Å². The molecule has 104 valence electrons. The SMILES string of the molecule is CC.NCC1(C2=Nc3ccccc3C2)CCNCC1. The third kappa shape index (κ3) is 2.72. The normalized spacial score (nSPS) is 20.1. The first kappa shape index (κ1) is 14.2. The lowest BCUT2D eigenvalue weighted by atomic mass is 9.73. The third-order valence-corrected chi connectivity index (χ3v) is 4.17. The number of nitrogens with one attached hydrogen (secondary N) is 1. The van der Waals surface area contributed by atoms with E-state index in [1.54, 1.807) is 0 Å². The number of benzene rings is 1. The summed E-state index contributed by atoms with van der Waals surface area (Å²) in [7, 11) is 0. The zero-order valence-corrected chi connectivity index (χ0v) is 12.1. The van der Waals surface area contributed by atoms with Crippen LogP contribution in [0.25, 0.3) is 0 Å². The maximum Gasteiger partial charge on any atom is 0.0665 e. The number of rotatable bonds is 2. The van der Waals surface area contributed by atoms with Crippen LogP contribution in [-0.2, 0) is 6.42 Å². The average Bonchev–Trinajstić information content (AvgIpc) is 2.94. The van der Waals surface area contributed by atoms with Crippen LogP contribution < -0.4 is 11.1 Å². The highest BCUT2D eigenvalue weighted by atomic mass is 14.9. The molecule has 0 spiro atoms. The van der Waals surface area contributed by atoms with Crippen molar-refractivity contribution in [3.8, 4) is 0 Å². The van der Waals surface area contributed by atoms with E-state index in [9.17, 15) is 0 Å². The standard InChI is InChI=1S/C14H19N3.C2H6/c15-10-14(5-7-16-8-6-14)13-9-11-3-1-2-4-12(11)17-13;1-2/h1-4,16H,5-10,15H2;1-2H3. The summed E-state index contributed by atoms with van der Waals surface area (Å²) in [4.78, 5) is 4.83. The molecular weight excluding hydrogens is 234 g/mol. The van der Waals surface area contributed by atoms with Crippen molar-refractivity contribution in [2.24, 2.45) is 16.1 Å². The summed E-state index contributed by atoms with van der Waals surface area (Å²) in [6, 6.07) is 8.43. The van der Waals surface area contributed by atoms with Crippen LogP contribution in [0.2, 0.25) is 0 Å². The number of nitrogens with two attached hydrogens (primary N) is 1. The number of para-hydroxylation sites is 1. The van der Waals surface area contributed by atoms with E-state index in [0.717, 1.165) is 44.6 Å². The summed E-state index contributed by atoms with van der Waals surface area (Å²) >= 11 is 0. The molecule has 0 amide bonds. The Labute approximate surface area is 116 Å². The molecule has 3 rings (SSSR count). The third-order valence-electron chi connectivity index (χ3n) is 4.17. The number of hydrogen-bond donors (Lipinski definition) is 2. The van der Waals surface area contributed by atoms with Gasteiger partial charge in [-0.1, -0.05) is 32.0 Å². The fourth-order valence-electron chi connectivity index (χ4n) is 2.96. The van der Waals surface area contributed by atoms with Gasteiger partial charge in [-0.3, -0.25) is 4.99 Å². The maximum absolute atomic E-state index is 6.04. The Hall–Kier alpha value is -1.19. The molecule has 0 unspecified atom stereocenters. The number of piperidine rings is 1. The van der Waals surface area contributed by atoms with Crippen molar-refractivity contribution in [2.45, 2.75) is 33.1 Å². The fourth-order valence-corrected chi connectivity index (χ4v) is 2.96. The zero-order chi connectivity index (χ0) is 13.7. The predicted octanol–water partition coefficient (Wildman–Crippen LogP) is 2.67. The van der Waals surface area contributed by atoms with Gasteiger partial charge in [-0.15, -0.1) is 0 Å². The zero-order valence-electron chi connectivity index (χ0n) is 12.1. The van der Waals surface area contributed by atoms with Crippen LogP contribution >= 0.6 is 0 Å². The van der Waals surface area contributed by atoms with Crippen molar-refractivity contribution in [2.75, 3.05) is 19.6 Å². The largest absolute Gasteiger partial charge is 0.330 e. The number of fused-ring (bicyclic) bond motifs is 1. The second-order valence-corrected chi connectivity index (χ2v) is 5.10. The summed E-state index contributed by atoms with van der Waals surface area (Å²) in [5, 5.41) is 3.41. The highest BCUT2D eigenvalue weighted by molar-refractivity contribution is 5.98. The van der Waals surface area contributed by atoms with Gasteiger partial charge >= 0.3 is 0 Å². The maximum atomic E-state index is 6.04. The molecule has 0 aromatic heterocycles. The monoisotopic (exact) mass is 259 g/mol. The molecule has 0 bridgehead atoms. The van der Waals surface area contributed by atoms with Crippen LogP contribution in [0, 0.1) is 5.41 Å². The van der Waals surface area contributed by atoms with Gasteiger partial charge in [-0.05, 0) is 37.6 Å². The van der Waals surface area contributed by atoms with E-state index in [4.69, 9.17) is 10.7 Å². The van der Waals surface area contributed by atoms with E-state index in [0.29, 0.717) is 0 Å². The van der Waals surface area contributed by atoms with Gasteiger partial charge in [0.15, 0.2) is 0 Å². The minimum Gasteiger partial charge on any atom is -0.330 e. The topological polar surface area (TPSA) is 50.4 Å². The minimum absolute atomic E-state index is 0.143. The summed E-state index contributed by atoms with van der Waals surface area (Å²) < 4.78 is 0. The Balaban J connectivity index is 0.000000637. The first-order chi connectivity index (χ1) is 9.34. The molecule has 0 radical (unpaired) electrons. The van der Waals surface area contributed by atoms with E-state index < -0.39 is 0 Å². The van der Waals surface area contributed by atoms with Gasteiger partial charge in [0.05, 0.1) is 5.69 Å². The van der Waals surface area contributed by atoms with Crippen molar-refractivity contribution in [1.82, 2.24) is 5.32 Å². The lowest BCUT2D eigenvalue weighted by Gasteiger charge is -2.36. The van der Waals surface area contributed by atoms with Gasteiger partial charge in [0, 0.05) is 24.1 Å². The van der Waals surface area contributed by atoms with E-state index in [-0.39, 0.29) is 5.41 Å². The Morgan fingerprint density at radius 1 is 1.21 bits per heavy atom. The van der Waals surface area contributed by atoms with Crippen LogP contribution in [0.15, 0.2) is 29.3 Å². The lowest BCUT2D eigenvalue weighted by Crippen LogP contribution is -2.47. The Morgan fingerprint density at radius 3 is 2.53 bits per heavy atom. The van der Waals surface area contributed by atoms with Crippen LogP contribution in [0.1, 0.15) is 32.3 Å². The van der Waals surface area contributed by atoms with Gasteiger partial charge in [-0.2, -0.15) is 0 Å². The van der Waals surface area contributed by atoms with Crippen LogP contribution in [0.3, 0.4) is 0 Å². The Kier molecular flexibility index (Phi) is 4.72. The number of aliphatic imine (C=N–C) groups is 1. The molecule has 0 atom stereocenters. The van der Waals surface area contributed by atoms with Gasteiger partial charge in [0.25, 0.3) is 0 Å². The molecule has 3 N–H and O–H groups in total. The van der Waals surface area contributed by atoms with Crippen molar-refractivity contribution >= 4 is 11.4 Å². The van der Waals surface area contributed by atoms with Crippen LogP contribution in [-0.4, -0.2) is 25.3 Å². The smallest absolute Gasteiger partial charge is 0.0665 e. The molecule has 0 aliphatic carbocycles. The molecule has 3 heteroatoms. The van der Waals surface area contributed by atoms with Gasteiger partial charge in [0.2, 0.25) is 0 Å². The quantitative estimate of drug-likeness (QED) is 0.858. The molecule has 19 heavy (non-hydrogen) atoms. The highest BCUT2D eigenvalue weighted by Gasteiger charge is 2.37. The van der Waals surface area contributed by atoms with Gasteiger partial charge < -0.3 is 11.1 Å². The number of nitrogens with zero attached hydrogens (tertiary/aromatic N) is 1. The first-order valence-electron chi connectivity index (χ1n) is 7.41. The lowest BCUT2D eigenvalue weighted by molar-refractivity contribution is 0.305. The van der Waals surface area contributed by atoms with E-state index in [1.807, 2.05) is 13.8 Å². The molecule has 1 saturated heterocycles. The van der Waals surface area contributed by atoms with Gasteiger partial charge in [0.1, 0.15) is 0 Å². The molecule has 1 fully saturated rings.